The van der Waals surface area contributed by atoms with Crippen LogP contribution >= 0.6 is 7.82 Å². The molecule has 0 bridgehead atoms. The predicted molar refractivity (Wildman–Crippen MR) is 335 cm³/mol. The summed E-state index contributed by atoms with van der Waals surface area (Å²) < 4.78 is 30.4. The molecule has 0 aromatic rings. The molecular formula is C68H133N2O7P. The number of esters is 1. The predicted octanol–water partition coefficient (Wildman–Crippen LogP) is 20.7. The number of phosphoric ester groups is 1. The Labute approximate surface area is 485 Å². The fourth-order valence-corrected chi connectivity index (χ4v) is 11.1. The van der Waals surface area contributed by atoms with Gasteiger partial charge in [-0.2, -0.15) is 0 Å². The van der Waals surface area contributed by atoms with Gasteiger partial charge in [-0.25, -0.2) is 0 Å². The summed E-state index contributed by atoms with van der Waals surface area (Å²) in [6, 6.07) is -0.881. The standard InChI is InChI=1S/C68H133N2O7P/c1-7-10-13-16-19-22-25-28-29-30-31-32-33-34-35-36-37-38-39-40-41-43-45-48-51-54-57-60-67(71)69-65(64-76-78(73,74)75-63-62-70(4,5)6)66(59-56-53-50-47-44-27-24-21-18-15-12-9-3)77-68(72)61-58-55-52-49-46-42-26-23-20-17-14-11-8-2/h28-29,56,59,65-66H,7-27,30-55,57-58,60-64H2,1-6H3,(H-,69,71,73,74)/b29-28+,59-56-. The number of rotatable bonds is 63. The van der Waals surface area contributed by atoms with Gasteiger partial charge >= 0.3 is 5.97 Å². The number of likely N-dealkylation sites (N-methyl/N-ethyl adjacent to an activating group) is 1. The number of ether oxygens (including phenoxy) is 1. The minimum Gasteiger partial charge on any atom is -0.756 e. The summed E-state index contributed by atoms with van der Waals surface area (Å²) in [7, 11) is 1.21. The Morgan fingerprint density at radius 3 is 1.09 bits per heavy atom. The van der Waals surface area contributed by atoms with Crippen LogP contribution in [0.25, 0.3) is 0 Å². The number of unbranched alkanes of at least 4 members (excludes halogenated alkanes) is 45. The van der Waals surface area contributed by atoms with Crippen LogP contribution in [0.15, 0.2) is 24.3 Å². The summed E-state index contributed by atoms with van der Waals surface area (Å²) in [5.41, 5.74) is 0. The van der Waals surface area contributed by atoms with Crippen LogP contribution in [0.2, 0.25) is 0 Å². The Morgan fingerprint density at radius 1 is 0.436 bits per heavy atom. The number of quaternary nitrogens is 1. The lowest BCUT2D eigenvalue weighted by molar-refractivity contribution is -0.870. The van der Waals surface area contributed by atoms with Crippen molar-refractivity contribution in [2.75, 3.05) is 40.9 Å². The molecule has 3 unspecified atom stereocenters. The largest absolute Gasteiger partial charge is 0.756 e. The van der Waals surface area contributed by atoms with Gasteiger partial charge in [0.15, 0.2) is 0 Å². The average Bonchev–Trinajstić information content (AvgIpc) is 3.40. The minimum absolute atomic E-state index is 0.0179. The van der Waals surface area contributed by atoms with Gasteiger partial charge < -0.3 is 28.5 Å². The van der Waals surface area contributed by atoms with E-state index in [1.54, 1.807) is 0 Å². The highest BCUT2D eigenvalue weighted by Crippen LogP contribution is 2.38. The van der Waals surface area contributed by atoms with Crippen molar-refractivity contribution in [1.82, 2.24) is 5.32 Å². The molecule has 10 heteroatoms. The minimum atomic E-state index is -4.69. The highest BCUT2D eigenvalue weighted by atomic mass is 31.2. The van der Waals surface area contributed by atoms with Crippen LogP contribution in [0.3, 0.4) is 0 Å². The quantitative estimate of drug-likeness (QED) is 0.0212. The van der Waals surface area contributed by atoms with Crippen LogP contribution in [0.5, 0.6) is 0 Å². The van der Waals surface area contributed by atoms with Gasteiger partial charge in [0.2, 0.25) is 5.91 Å². The van der Waals surface area contributed by atoms with Gasteiger partial charge in [0.1, 0.15) is 19.3 Å². The van der Waals surface area contributed by atoms with Crippen molar-refractivity contribution < 1.29 is 37.3 Å². The zero-order chi connectivity index (χ0) is 57.2. The Balaban J connectivity index is 4.95. The second kappa shape index (κ2) is 58.7. The fourth-order valence-electron chi connectivity index (χ4n) is 10.3. The van der Waals surface area contributed by atoms with Crippen LogP contribution in [-0.2, 0) is 27.9 Å². The number of phosphoric acid groups is 1. The third-order valence-electron chi connectivity index (χ3n) is 15.6. The first-order valence-corrected chi connectivity index (χ1v) is 35.6. The zero-order valence-corrected chi connectivity index (χ0v) is 53.8. The van der Waals surface area contributed by atoms with E-state index in [0.29, 0.717) is 17.4 Å². The van der Waals surface area contributed by atoms with E-state index < -0.39 is 20.0 Å². The van der Waals surface area contributed by atoms with Gasteiger partial charge in [-0.15, -0.1) is 0 Å². The second-order valence-corrected chi connectivity index (χ2v) is 26.1. The average molecular weight is 1120 g/mol. The molecule has 1 amide bonds. The van der Waals surface area contributed by atoms with Crippen LogP contribution in [0, 0.1) is 0 Å². The van der Waals surface area contributed by atoms with Gasteiger partial charge in [0.25, 0.3) is 7.82 Å². The van der Waals surface area contributed by atoms with Gasteiger partial charge in [-0.3, -0.25) is 14.2 Å². The second-order valence-electron chi connectivity index (χ2n) is 24.7. The van der Waals surface area contributed by atoms with E-state index in [9.17, 15) is 19.0 Å². The van der Waals surface area contributed by atoms with Crippen LogP contribution in [-0.4, -0.2) is 69.4 Å². The van der Waals surface area contributed by atoms with E-state index in [0.717, 1.165) is 57.8 Å². The van der Waals surface area contributed by atoms with E-state index >= 15 is 0 Å². The fraction of sp³-hybridized carbons (Fsp3) is 0.912. The molecule has 0 fully saturated rings. The number of nitrogens with zero attached hydrogens (tertiary/aromatic N) is 1. The maximum absolute atomic E-state index is 13.6. The van der Waals surface area contributed by atoms with Gasteiger partial charge in [-0.1, -0.05) is 302 Å². The molecule has 9 nitrogen and oxygen atoms in total. The van der Waals surface area contributed by atoms with Crippen molar-refractivity contribution in [3.63, 3.8) is 0 Å². The van der Waals surface area contributed by atoms with E-state index in [2.05, 4.69) is 38.2 Å². The molecule has 0 aliphatic heterocycles. The zero-order valence-electron chi connectivity index (χ0n) is 52.9. The lowest BCUT2D eigenvalue weighted by Gasteiger charge is -2.30. The highest BCUT2D eigenvalue weighted by molar-refractivity contribution is 7.45. The molecule has 0 aliphatic rings. The molecular weight excluding hydrogens is 988 g/mol. The molecule has 0 rings (SSSR count). The number of hydrogen-bond donors (Lipinski definition) is 1. The maximum Gasteiger partial charge on any atom is 0.306 e. The first kappa shape index (κ1) is 76.5. The number of hydrogen-bond acceptors (Lipinski definition) is 7. The van der Waals surface area contributed by atoms with Gasteiger partial charge in [0, 0.05) is 12.8 Å². The molecule has 0 aliphatic carbocycles. The number of carbonyl (C=O) groups excluding carboxylic acids is 2. The number of amides is 1. The summed E-state index contributed by atoms with van der Waals surface area (Å²) in [4.78, 5) is 40.0. The smallest absolute Gasteiger partial charge is 0.306 e. The molecule has 1 N–H and O–H groups in total. The van der Waals surface area contributed by atoms with Crippen LogP contribution < -0.4 is 10.2 Å². The Morgan fingerprint density at radius 2 is 0.744 bits per heavy atom. The summed E-state index contributed by atoms with van der Waals surface area (Å²) in [5, 5.41) is 3.04. The Kier molecular flexibility index (Phi) is 57.5. The van der Waals surface area contributed by atoms with Crippen LogP contribution in [0.1, 0.15) is 348 Å². The molecule has 0 radical (unpaired) electrons. The summed E-state index contributed by atoms with van der Waals surface area (Å²) in [6.45, 7) is 6.89. The highest BCUT2D eigenvalue weighted by Gasteiger charge is 2.27. The van der Waals surface area contributed by atoms with E-state index in [1.807, 2.05) is 33.3 Å². The van der Waals surface area contributed by atoms with E-state index in [-0.39, 0.29) is 31.5 Å². The maximum atomic E-state index is 13.6. The van der Waals surface area contributed by atoms with Gasteiger partial charge in [0.05, 0.1) is 33.8 Å². The van der Waals surface area contributed by atoms with Crippen LogP contribution in [0.4, 0.5) is 0 Å². The molecule has 3 atom stereocenters. The third kappa shape index (κ3) is 59.1. The molecule has 0 saturated heterocycles. The molecule has 0 heterocycles. The third-order valence-corrected chi connectivity index (χ3v) is 16.6. The topological polar surface area (TPSA) is 114 Å². The molecule has 78 heavy (non-hydrogen) atoms. The lowest BCUT2D eigenvalue weighted by Crippen LogP contribution is -2.47. The SMILES string of the molecule is CCCCCCCC/C=C/CCCCCCCCCCCCCCCCCCCC(=O)NC(COP(=O)([O-])OCC[N+](C)(C)C)C(/C=C\CCCCCCCCCCCC)OC(=O)CCCCCCCCCCCCCCC. The van der Waals surface area contributed by atoms with Gasteiger partial charge in [-0.05, 0) is 57.4 Å². The summed E-state index contributed by atoms with van der Waals surface area (Å²) in [5.74, 6) is -0.521. The normalized spacial score (nSPS) is 13.7. The molecule has 0 aromatic carbocycles. The van der Waals surface area contributed by atoms with Crippen molar-refractivity contribution in [2.45, 2.75) is 360 Å². The molecule has 462 valence electrons. The number of nitrogens with one attached hydrogen (secondary N) is 1. The number of allylic oxidation sites excluding steroid dienone is 3. The van der Waals surface area contributed by atoms with E-state index in [1.165, 1.54) is 257 Å². The lowest BCUT2D eigenvalue weighted by atomic mass is 10.0. The van der Waals surface area contributed by atoms with Crippen molar-refractivity contribution in [3.05, 3.63) is 24.3 Å². The van der Waals surface area contributed by atoms with E-state index in [4.69, 9.17) is 13.8 Å². The van der Waals surface area contributed by atoms with Crippen molar-refractivity contribution in [2.24, 2.45) is 0 Å². The molecule has 0 saturated carbocycles. The van der Waals surface area contributed by atoms with Crippen molar-refractivity contribution in [1.29, 1.82) is 0 Å². The molecule has 0 spiro atoms. The first-order chi connectivity index (χ1) is 37.9. The van der Waals surface area contributed by atoms with Crippen molar-refractivity contribution in [3.8, 4) is 0 Å². The summed E-state index contributed by atoms with van der Waals surface area (Å²) >= 11 is 0. The first-order valence-electron chi connectivity index (χ1n) is 34.1. The van der Waals surface area contributed by atoms with Crippen molar-refractivity contribution >= 4 is 19.7 Å². The monoisotopic (exact) mass is 1120 g/mol. The Hall–Kier alpha value is -1.51. The summed E-state index contributed by atoms with van der Waals surface area (Å²) in [6.07, 6.45) is 70.2. The molecule has 0 aromatic heterocycles. The Bertz CT molecular complexity index is 1380. The number of carbonyl (C=O) groups is 2.